The molecule has 0 radical (unpaired) electrons. The van der Waals surface area contributed by atoms with E-state index in [0.29, 0.717) is 13.0 Å². The molecular weight excluding hydrogens is 308 g/mol. The first-order chi connectivity index (χ1) is 11.4. The van der Waals surface area contributed by atoms with Crippen LogP contribution in [0.1, 0.15) is 44.1 Å². The molecule has 24 heavy (non-hydrogen) atoms. The number of likely N-dealkylation sites (tertiary alicyclic amines) is 2. The van der Waals surface area contributed by atoms with Crippen molar-refractivity contribution in [1.82, 2.24) is 9.80 Å². The molecule has 0 aliphatic carbocycles. The van der Waals surface area contributed by atoms with Gasteiger partial charge in [0.1, 0.15) is 17.6 Å². The maximum Gasteiger partial charge on any atom is 0.326 e. The maximum atomic E-state index is 12.1. The number of hydrogen-bond acceptors (Lipinski definition) is 4. The highest BCUT2D eigenvalue weighted by Gasteiger charge is 2.43. The summed E-state index contributed by atoms with van der Waals surface area (Å²) in [7, 11) is 0. The number of nitrogens with zero attached hydrogens (tertiary/aromatic N) is 2. The van der Waals surface area contributed by atoms with Gasteiger partial charge in [-0.2, -0.15) is 0 Å². The first-order valence-electron chi connectivity index (χ1n) is 8.68. The lowest BCUT2D eigenvalue weighted by atomic mass is 9.72. The monoisotopic (exact) mass is 334 g/mol. The average Bonchev–Trinajstić information content (AvgIpc) is 2.96. The molecule has 1 atom stereocenters. The minimum absolute atomic E-state index is 0.0241. The number of piperidine rings is 2. The van der Waals surface area contributed by atoms with Crippen molar-refractivity contribution in [2.45, 2.75) is 52.1 Å². The zero-order valence-electron chi connectivity index (χ0n) is 14.5. The molecular formula is C18H26N2O4. The summed E-state index contributed by atoms with van der Waals surface area (Å²) in [6, 6.07) is 3.27. The van der Waals surface area contributed by atoms with Crippen LogP contribution in [0.2, 0.25) is 0 Å². The number of carboxylic acids is 1. The molecule has 0 aromatic carbocycles. The third kappa shape index (κ3) is 3.48. The van der Waals surface area contributed by atoms with Crippen molar-refractivity contribution in [2.24, 2.45) is 5.41 Å². The summed E-state index contributed by atoms with van der Waals surface area (Å²) in [5, 5.41) is 9.23. The van der Waals surface area contributed by atoms with Gasteiger partial charge in [-0.3, -0.25) is 9.69 Å². The molecule has 1 aromatic heterocycles. The van der Waals surface area contributed by atoms with Crippen LogP contribution in [0.5, 0.6) is 0 Å². The Balaban J connectivity index is 1.60. The second-order valence-electron chi connectivity index (χ2n) is 7.32. The summed E-state index contributed by atoms with van der Waals surface area (Å²) < 4.78 is 5.65. The molecule has 0 bridgehead atoms. The van der Waals surface area contributed by atoms with Gasteiger partial charge >= 0.3 is 5.97 Å². The Hall–Kier alpha value is -1.82. The Morgan fingerprint density at radius 2 is 2.04 bits per heavy atom. The van der Waals surface area contributed by atoms with Crippen molar-refractivity contribution in [3.8, 4) is 0 Å². The number of rotatable bonds is 4. The fraction of sp³-hybridized carbons (Fsp3) is 0.667. The van der Waals surface area contributed by atoms with Gasteiger partial charge in [0.2, 0.25) is 5.91 Å². The van der Waals surface area contributed by atoms with E-state index in [-0.39, 0.29) is 11.3 Å². The van der Waals surface area contributed by atoms with Crippen LogP contribution < -0.4 is 0 Å². The molecule has 132 valence electrons. The number of carbonyl (C=O) groups is 2. The van der Waals surface area contributed by atoms with Gasteiger partial charge in [-0.1, -0.05) is 0 Å². The second-order valence-corrected chi connectivity index (χ2v) is 7.32. The van der Waals surface area contributed by atoms with Crippen molar-refractivity contribution in [2.75, 3.05) is 19.6 Å². The Morgan fingerprint density at radius 3 is 2.62 bits per heavy atom. The summed E-state index contributed by atoms with van der Waals surface area (Å²) in [6.45, 7) is 6.87. The van der Waals surface area contributed by atoms with Crippen LogP contribution in [0.4, 0.5) is 0 Å². The van der Waals surface area contributed by atoms with Crippen LogP contribution in [0.3, 0.4) is 0 Å². The van der Waals surface area contributed by atoms with Gasteiger partial charge in [0, 0.05) is 13.0 Å². The summed E-state index contributed by atoms with van der Waals surface area (Å²) >= 11 is 0. The number of carbonyl (C=O) groups excluding carboxylic acids is 1. The molecule has 1 N–H and O–H groups in total. The van der Waals surface area contributed by atoms with Crippen LogP contribution in [-0.2, 0) is 16.1 Å². The molecule has 1 aromatic rings. The highest BCUT2D eigenvalue weighted by Crippen LogP contribution is 2.41. The summed E-state index contributed by atoms with van der Waals surface area (Å²) in [5.41, 5.74) is 0.0766. The van der Waals surface area contributed by atoms with E-state index in [4.69, 9.17) is 4.42 Å². The molecule has 3 heterocycles. The molecule has 2 fully saturated rings. The standard InChI is InChI=1S/C18H26N2O4/c1-13-3-4-15(24-13)11-19-9-7-18(8-10-19)6-5-16(21)20(12-18)14(2)17(22)23/h3-4,14H,5-12H2,1-2H3,(H,22,23). The van der Waals surface area contributed by atoms with E-state index in [1.54, 1.807) is 11.8 Å². The van der Waals surface area contributed by atoms with E-state index in [1.165, 1.54) is 0 Å². The lowest BCUT2D eigenvalue weighted by Gasteiger charge is -2.48. The molecule has 2 aliphatic heterocycles. The zero-order chi connectivity index (χ0) is 17.3. The third-order valence-electron chi connectivity index (χ3n) is 5.61. The Labute approximate surface area is 142 Å². The number of carboxylic acid groups (broad SMARTS) is 1. The summed E-state index contributed by atoms with van der Waals surface area (Å²) in [5.74, 6) is 0.973. The van der Waals surface area contributed by atoms with Crippen LogP contribution in [0.25, 0.3) is 0 Å². The number of aryl methyl sites for hydroxylation is 1. The van der Waals surface area contributed by atoms with Gasteiger partial charge in [-0.15, -0.1) is 0 Å². The summed E-state index contributed by atoms with van der Waals surface area (Å²) in [6.07, 6.45) is 3.35. The van der Waals surface area contributed by atoms with Gasteiger partial charge in [0.25, 0.3) is 0 Å². The van der Waals surface area contributed by atoms with E-state index in [0.717, 1.165) is 50.4 Å². The Kier molecular flexibility index (Phi) is 4.67. The van der Waals surface area contributed by atoms with Gasteiger partial charge in [0.05, 0.1) is 6.54 Å². The van der Waals surface area contributed by atoms with E-state index in [9.17, 15) is 14.7 Å². The normalized spacial score (nSPS) is 22.8. The fourth-order valence-electron chi connectivity index (χ4n) is 3.91. The average molecular weight is 334 g/mol. The van der Waals surface area contributed by atoms with E-state index >= 15 is 0 Å². The number of hydrogen-bond donors (Lipinski definition) is 1. The van der Waals surface area contributed by atoms with Gasteiger partial charge < -0.3 is 14.4 Å². The predicted molar refractivity (Wildman–Crippen MR) is 88.4 cm³/mol. The lowest BCUT2D eigenvalue weighted by Crippen LogP contribution is -2.55. The van der Waals surface area contributed by atoms with Crippen molar-refractivity contribution >= 4 is 11.9 Å². The molecule has 1 spiro atoms. The molecule has 2 aliphatic rings. The lowest BCUT2D eigenvalue weighted by molar-refractivity contribution is -0.155. The van der Waals surface area contributed by atoms with Gasteiger partial charge in [0.15, 0.2) is 0 Å². The van der Waals surface area contributed by atoms with Crippen molar-refractivity contribution < 1.29 is 19.1 Å². The van der Waals surface area contributed by atoms with Crippen LogP contribution in [-0.4, -0.2) is 52.5 Å². The topological polar surface area (TPSA) is 74.0 Å². The molecule has 1 unspecified atom stereocenters. The van der Waals surface area contributed by atoms with Crippen LogP contribution in [0, 0.1) is 12.3 Å². The smallest absolute Gasteiger partial charge is 0.326 e. The molecule has 1 amide bonds. The number of aliphatic carboxylic acids is 1. The zero-order valence-corrected chi connectivity index (χ0v) is 14.5. The van der Waals surface area contributed by atoms with E-state index in [2.05, 4.69) is 4.90 Å². The third-order valence-corrected chi connectivity index (χ3v) is 5.61. The molecule has 6 nitrogen and oxygen atoms in total. The Bertz CT molecular complexity index is 616. The van der Waals surface area contributed by atoms with E-state index < -0.39 is 12.0 Å². The minimum atomic E-state index is -0.925. The summed E-state index contributed by atoms with van der Waals surface area (Å²) in [4.78, 5) is 27.3. The second kappa shape index (κ2) is 6.59. The molecule has 3 rings (SSSR count). The first kappa shape index (κ1) is 17.0. The predicted octanol–water partition coefficient (Wildman–Crippen LogP) is 2.27. The quantitative estimate of drug-likeness (QED) is 0.914. The van der Waals surface area contributed by atoms with Gasteiger partial charge in [-0.05, 0) is 63.7 Å². The number of amides is 1. The Morgan fingerprint density at radius 1 is 1.33 bits per heavy atom. The molecule has 6 heteroatoms. The number of furan rings is 1. The molecule has 2 saturated heterocycles. The highest BCUT2D eigenvalue weighted by molar-refractivity contribution is 5.84. The van der Waals surface area contributed by atoms with Gasteiger partial charge in [-0.25, -0.2) is 4.79 Å². The highest BCUT2D eigenvalue weighted by atomic mass is 16.4. The van der Waals surface area contributed by atoms with Crippen molar-refractivity contribution in [3.63, 3.8) is 0 Å². The minimum Gasteiger partial charge on any atom is -0.480 e. The van der Waals surface area contributed by atoms with Crippen molar-refractivity contribution in [3.05, 3.63) is 23.7 Å². The first-order valence-corrected chi connectivity index (χ1v) is 8.68. The van der Waals surface area contributed by atoms with E-state index in [1.807, 2.05) is 19.1 Å². The maximum absolute atomic E-state index is 12.1. The van der Waals surface area contributed by atoms with Crippen LogP contribution >= 0.6 is 0 Å². The largest absolute Gasteiger partial charge is 0.480 e. The fourth-order valence-corrected chi connectivity index (χ4v) is 3.91. The van der Waals surface area contributed by atoms with Crippen LogP contribution in [0.15, 0.2) is 16.5 Å². The van der Waals surface area contributed by atoms with Crippen molar-refractivity contribution in [1.29, 1.82) is 0 Å². The molecule has 0 saturated carbocycles. The SMILES string of the molecule is Cc1ccc(CN2CCC3(CCC(=O)N(C(C)C(=O)O)C3)CC2)o1.